The van der Waals surface area contributed by atoms with E-state index in [-0.39, 0.29) is 0 Å². The molecule has 1 aromatic heterocycles. The quantitative estimate of drug-likeness (QED) is 0.707. The summed E-state index contributed by atoms with van der Waals surface area (Å²) in [6.07, 6.45) is 3.79. The summed E-state index contributed by atoms with van der Waals surface area (Å²) >= 11 is 0. The van der Waals surface area contributed by atoms with E-state index < -0.39 is 0 Å². The number of rotatable bonds is 4. The molecule has 1 aromatic rings. The Morgan fingerprint density at radius 3 is 2.29 bits per heavy atom. The van der Waals surface area contributed by atoms with Gasteiger partial charge in [0.05, 0.1) is 0 Å². The maximum Gasteiger partial charge on any atom is 0.0378 e. The second-order valence-electron chi connectivity index (χ2n) is 4.36. The van der Waals surface area contributed by atoms with E-state index in [4.69, 9.17) is 0 Å². The first-order valence-corrected chi connectivity index (χ1v) is 5.56. The molecular formula is C13H21N. The van der Waals surface area contributed by atoms with Crippen molar-refractivity contribution in [1.82, 2.24) is 4.98 Å². The number of pyridine rings is 1. The zero-order valence-corrected chi connectivity index (χ0v) is 9.80. The van der Waals surface area contributed by atoms with Crippen molar-refractivity contribution in [3.63, 3.8) is 0 Å². The zero-order valence-electron chi connectivity index (χ0n) is 9.80. The van der Waals surface area contributed by atoms with Gasteiger partial charge in [-0.2, -0.15) is 0 Å². The van der Waals surface area contributed by atoms with Gasteiger partial charge in [-0.05, 0) is 43.9 Å². The van der Waals surface area contributed by atoms with Gasteiger partial charge >= 0.3 is 0 Å². The number of aryl methyl sites for hydroxylation is 2. The van der Waals surface area contributed by atoms with Crippen LogP contribution in [0.1, 0.15) is 43.6 Å². The monoisotopic (exact) mass is 191 g/mol. The standard InChI is InChI=1S/C13H21N/c1-5-6-10(2)7-13-8-11(3)14-12(4)9-13/h8-10H,5-7H2,1-4H3/t10-/m1/s1. The molecule has 1 nitrogen and oxygen atoms in total. The molecule has 1 heterocycles. The highest BCUT2D eigenvalue weighted by atomic mass is 14.7. The lowest BCUT2D eigenvalue weighted by molar-refractivity contribution is 0.522. The number of hydrogen-bond acceptors (Lipinski definition) is 1. The van der Waals surface area contributed by atoms with Crippen LogP contribution in [0.2, 0.25) is 0 Å². The van der Waals surface area contributed by atoms with Gasteiger partial charge in [0.25, 0.3) is 0 Å². The third kappa shape index (κ3) is 3.49. The lowest BCUT2D eigenvalue weighted by Crippen LogP contribution is -2.00. The molecule has 0 fully saturated rings. The molecule has 0 aliphatic rings. The van der Waals surface area contributed by atoms with Crippen LogP contribution in [-0.4, -0.2) is 4.98 Å². The van der Waals surface area contributed by atoms with Gasteiger partial charge in [0.15, 0.2) is 0 Å². The fourth-order valence-corrected chi connectivity index (χ4v) is 2.04. The maximum atomic E-state index is 4.39. The summed E-state index contributed by atoms with van der Waals surface area (Å²) in [4.78, 5) is 4.39. The van der Waals surface area contributed by atoms with Crippen LogP contribution in [0.4, 0.5) is 0 Å². The molecule has 0 N–H and O–H groups in total. The molecule has 0 aromatic carbocycles. The van der Waals surface area contributed by atoms with Crippen LogP contribution in [-0.2, 0) is 6.42 Å². The molecular weight excluding hydrogens is 170 g/mol. The van der Waals surface area contributed by atoms with E-state index in [0.29, 0.717) is 0 Å². The normalized spacial score (nSPS) is 12.9. The molecule has 1 atom stereocenters. The minimum atomic E-state index is 0.793. The molecule has 0 saturated carbocycles. The first-order chi connectivity index (χ1) is 6.61. The second-order valence-corrected chi connectivity index (χ2v) is 4.36. The van der Waals surface area contributed by atoms with E-state index in [1.165, 1.54) is 24.8 Å². The predicted octanol–water partition coefficient (Wildman–Crippen LogP) is 3.68. The van der Waals surface area contributed by atoms with Crippen molar-refractivity contribution in [2.45, 2.75) is 47.0 Å². The van der Waals surface area contributed by atoms with Gasteiger partial charge in [-0.25, -0.2) is 0 Å². The minimum absolute atomic E-state index is 0.793. The van der Waals surface area contributed by atoms with E-state index >= 15 is 0 Å². The van der Waals surface area contributed by atoms with Gasteiger partial charge in [0.2, 0.25) is 0 Å². The smallest absolute Gasteiger partial charge is 0.0378 e. The van der Waals surface area contributed by atoms with Crippen LogP contribution < -0.4 is 0 Å². The molecule has 1 heteroatoms. The van der Waals surface area contributed by atoms with E-state index in [1.807, 2.05) is 0 Å². The van der Waals surface area contributed by atoms with Crippen molar-refractivity contribution in [1.29, 1.82) is 0 Å². The number of hydrogen-bond donors (Lipinski definition) is 0. The highest BCUT2D eigenvalue weighted by molar-refractivity contribution is 5.20. The Morgan fingerprint density at radius 2 is 1.79 bits per heavy atom. The van der Waals surface area contributed by atoms with E-state index in [9.17, 15) is 0 Å². The predicted molar refractivity (Wildman–Crippen MR) is 61.5 cm³/mol. The second kappa shape index (κ2) is 5.14. The summed E-state index contributed by atoms with van der Waals surface area (Å²) in [7, 11) is 0. The topological polar surface area (TPSA) is 12.9 Å². The van der Waals surface area contributed by atoms with Gasteiger partial charge in [0.1, 0.15) is 0 Å². The minimum Gasteiger partial charge on any atom is -0.258 e. The average Bonchev–Trinajstić information content (AvgIpc) is 2.01. The van der Waals surface area contributed by atoms with Crippen LogP contribution in [0, 0.1) is 19.8 Å². The van der Waals surface area contributed by atoms with Gasteiger partial charge in [0, 0.05) is 11.4 Å². The summed E-state index contributed by atoms with van der Waals surface area (Å²) < 4.78 is 0. The highest BCUT2D eigenvalue weighted by Gasteiger charge is 2.03. The summed E-state index contributed by atoms with van der Waals surface area (Å²) in [6.45, 7) is 8.72. The Bertz CT molecular complexity index is 271. The SMILES string of the molecule is CCC[C@@H](C)Cc1cc(C)nc(C)c1. The summed E-state index contributed by atoms with van der Waals surface area (Å²) in [5.41, 5.74) is 3.73. The molecule has 0 bridgehead atoms. The van der Waals surface area contributed by atoms with Gasteiger partial charge in [-0.1, -0.05) is 26.7 Å². The Balaban J connectivity index is 2.66. The highest BCUT2D eigenvalue weighted by Crippen LogP contribution is 2.14. The molecule has 0 amide bonds. The molecule has 0 aliphatic carbocycles. The van der Waals surface area contributed by atoms with E-state index in [1.54, 1.807) is 0 Å². The average molecular weight is 191 g/mol. The maximum absolute atomic E-state index is 4.39. The third-order valence-electron chi connectivity index (χ3n) is 2.51. The van der Waals surface area contributed by atoms with Gasteiger partial charge in [-0.15, -0.1) is 0 Å². The van der Waals surface area contributed by atoms with Crippen LogP contribution in [0.5, 0.6) is 0 Å². The molecule has 0 spiro atoms. The Morgan fingerprint density at radius 1 is 1.21 bits per heavy atom. The van der Waals surface area contributed by atoms with Crippen molar-refractivity contribution in [2.75, 3.05) is 0 Å². The zero-order chi connectivity index (χ0) is 10.6. The van der Waals surface area contributed by atoms with Crippen molar-refractivity contribution in [2.24, 2.45) is 5.92 Å². The molecule has 0 aliphatic heterocycles. The molecule has 1 rings (SSSR count). The number of nitrogens with zero attached hydrogens (tertiary/aromatic N) is 1. The Kier molecular flexibility index (Phi) is 4.12. The van der Waals surface area contributed by atoms with Crippen molar-refractivity contribution in [3.8, 4) is 0 Å². The Labute approximate surface area is 87.6 Å². The molecule has 0 radical (unpaired) electrons. The van der Waals surface area contributed by atoms with E-state index in [2.05, 4.69) is 44.8 Å². The van der Waals surface area contributed by atoms with Gasteiger partial charge in [-0.3, -0.25) is 4.98 Å². The summed E-state index contributed by atoms with van der Waals surface area (Å²) in [5.74, 6) is 0.793. The third-order valence-corrected chi connectivity index (χ3v) is 2.51. The Hall–Kier alpha value is -0.850. The van der Waals surface area contributed by atoms with Crippen LogP contribution in [0.25, 0.3) is 0 Å². The largest absolute Gasteiger partial charge is 0.258 e. The fourth-order valence-electron chi connectivity index (χ4n) is 2.04. The first-order valence-electron chi connectivity index (χ1n) is 5.56. The number of aromatic nitrogens is 1. The molecule has 14 heavy (non-hydrogen) atoms. The van der Waals surface area contributed by atoms with Gasteiger partial charge < -0.3 is 0 Å². The summed E-state index contributed by atoms with van der Waals surface area (Å²) in [6, 6.07) is 4.42. The molecule has 0 saturated heterocycles. The first kappa shape index (κ1) is 11.2. The van der Waals surface area contributed by atoms with E-state index in [0.717, 1.165) is 17.3 Å². The van der Waals surface area contributed by atoms with Crippen LogP contribution in [0.15, 0.2) is 12.1 Å². The summed E-state index contributed by atoms with van der Waals surface area (Å²) in [5, 5.41) is 0. The lowest BCUT2D eigenvalue weighted by Gasteiger charge is -2.10. The molecule has 0 unspecified atom stereocenters. The van der Waals surface area contributed by atoms with Crippen LogP contribution >= 0.6 is 0 Å². The fraction of sp³-hybridized carbons (Fsp3) is 0.615. The van der Waals surface area contributed by atoms with Crippen molar-refractivity contribution < 1.29 is 0 Å². The van der Waals surface area contributed by atoms with Crippen LogP contribution in [0.3, 0.4) is 0 Å². The van der Waals surface area contributed by atoms with Crippen molar-refractivity contribution in [3.05, 3.63) is 29.1 Å². The van der Waals surface area contributed by atoms with Crippen molar-refractivity contribution >= 4 is 0 Å². The lowest BCUT2D eigenvalue weighted by atomic mass is 9.97. The molecule has 78 valence electrons.